The minimum atomic E-state index is -0.0353. The molecule has 23 heavy (non-hydrogen) atoms. The molecule has 0 bridgehead atoms. The Morgan fingerprint density at radius 1 is 1.52 bits per heavy atom. The normalized spacial score (nSPS) is 18.0. The molecular formula is C17H24N4OS. The van der Waals surface area contributed by atoms with Crippen LogP contribution >= 0.6 is 11.8 Å². The first kappa shape index (κ1) is 16.3. The van der Waals surface area contributed by atoms with Gasteiger partial charge in [-0.2, -0.15) is 0 Å². The maximum absolute atomic E-state index is 12.0. The molecule has 2 aromatic rings. The molecular weight excluding hydrogens is 308 g/mol. The van der Waals surface area contributed by atoms with Crippen LogP contribution in [0.3, 0.4) is 0 Å². The van der Waals surface area contributed by atoms with Crippen LogP contribution in [-0.4, -0.2) is 39.7 Å². The minimum Gasteiger partial charge on any atom is -0.354 e. The van der Waals surface area contributed by atoms with Gasteiger partial charge in [-0.15, -0.1) is 11.8 Å². The quantitative estimate of drug-likeness (QED) is 0.882. The van der Waals surface area contributed by atoms with Crippen molar-refractivity contribution in [2.24, 2.45) is 0 Å². The third-order valence-electron chi connectivity index (χ3n) is 4.19. The summed E-state index contributed by atoms with van der Waals surface area (Å²) < 4.78 is 2.25. The lowest BCUT2D eigenvalue weighted by molar-refractivity contribution is -0.122. The van der Waals surface area contributed by atoms with Crippen molar-refractivity contribution in [3.05, 3.63) is 29.6 Å². The average molecular weight is 332 g/mol. The summed E-state index contributed by atoms with van der Waals surface area (Å²) in [6.45, 7) is 7.06. The molecule has 0 spiro atoms. The van der Waals surface area contributed by atoms with Crippen LogP contribution in [0.2, 0.25) is 0 Å². The molecule has 5 nitrogen and oxygen atoms in total. The molecule has 1 unspecified atom stereocenters. The van der Waals surface area contributed by atoms with E-state index in [0.717, 1.165) is 29.4 Å². The molecule has 3 rings (SSSR count). The number of carbonyl (C=O) groups is 1. The number of hydrogen-bond acceptors (Lipinski definition) is 4. The average Bonchev–Trinajstić information content (AvgIpc) is 3.13. The standard InChI is InChI=1S/C17H24N4OS/c1-11(2)21-12(3)20-14-8-13(4-5-16(14)21)6-7-18-17(22)15-9-23-10-19-15/h4-5,8,11,15,19H,6-7,9-10H2,1-3H3,(H,18,22). The Morgan fingerprint density at radius 2 is 2.35 bits per heavy atom. The fourth-order valence-corrected chi connectivity index (χ4v) is 4.03. The SMILES string of the molecule is Cc1nc2cc(CCNC(=O)C3CSCN3)ccc2n1C(C)C. The number of aromatic nitrogens is 2. The van der Waals surface area contributed by atoms with Gasteiger partial charge in [0.25, 0.3) is 0 Å². The van der Waals surface area contributed by atoms with E-state index in [2.05, 4.69) is 52.2 Å². The molecule has 2 N–H and O–H groups in total. The number of rotatable bonds is 5. The lowest BCUT2D eigenvalue weighted by Gasteiger charge is -2.11. The lowest BCUT2D eigenvalue weighted by Crippen LogP contribution is -2.42. The van der Waals surface area contributed by atoms with Gasteiger partial charge in [-0.3, -0.25) is 10.1 Å². The van der Waals surface area contributed by atoms with E-state index in [1.807, 2.05) is 6.92 Å². The van der Waals surface area contributed by atoms with E-state index in [4.69, 9.17) is 0 Å². The van der Waals surface area contributed by atoms with Gasteiger partial charge in [0.05, 0.1) is 17.1 Å². The molecule has 1 aliphatic heterocycles. The van der Waals surface area contributed by atoms with E-state index in [1.54, 1.807) is 11.8 Å². The summed E-state index contributed by atoms with van der Waals surface area (Å²) in [4.78, 5) is 16.6. The molecule has 1 aromatic heterocycles. The Hall–Kier alpha value is -1.53. The summed E-state index contributed by atoms with van der Waals surface area (Å²) in [5.74, 6) is 2.89. The number of thioether (sulfide) groups is 1. The fraction of sp³-hybridized carbons (Fsp3) is 0.529. The van der Waals surface area contributed by atoms with Gasteiger partial charge in [-0.05, 0) is 44.9 Å². The molecule has 1 aliphatic rings. The summed E-state index contributed by atoms with van der Waals surface area (Å²) in [7, 11) is 0. The van der Waals surface area contributed by atoms with E-state index in [0.29, 0.717) is 12.6 Å². The largest absolute Gasteiger partial charge is 0.354 e. The van der Waals surface area contributed by atoms with E-state index < -0.39 is 0 Å². The Balaban J connectivity index is 1.63. The highest BCUT2D eigenvalue weighted by molar-refractivity contribution is 7.99. The summed E-state index contributed by atoms with van der Waals surface area (Å²) in [5, 5.41) is 6.20. The first-order chi connectivity index (χ1) is 11.1. The van der Waals surface area contributed by atoms with E-state index in [-0.39, 0.29) is 11.9 Å². The fourth-order valence-electron chi connectivity index (χ4n) is 3.09. The van der Waals surface area contributed by atoms with Gasteiger partial charge in [-0.25, -0.2) is 4.98 Å². The highest BCUT2D eigenvalue weighted by Crippen LogP contribution is 2.21. The number of benzene rings is 1. The van der Waals surface area contributed by atoms with Crippen LogP contribution in [0.5, 0.6) is 0 Å². The van der Waals surface area contributed by atoms with Crippen molar-refractivity contribution >= 4 is 28.7 Å². The molecule has 2 heterocycles. The second-order valence-electron chi connectivity index (χ2n) is 6.26. The van der Waals surface area contributed by atoms with Crippen molar-refractivity contribution in [2.45, 2.75) is 39.3 Å². The van der Waals surface area contributed by atoms with Gasteiger partial charge >= 0.3 is 0 Å². The molecule has 0 saturated carbocycles. The van der Waals surface area contributed by atoms with Gasteiger partial charge in [0.15, 0.2) is 0 Å². The van der Waals surface area contributed by atoms with Crippen molar-refractivity contribution in [3.8, 4) is 0 Å². The van der Waals surface area contributed by atoms with Crippen molar-refractivity contribution in [2.75, 3.05) is 18.2 Å². The van der Waals surface area contributed by atoms with Gasteiger partial charge < -0.3 is 9.88 Å². The van der Waals surface area contributed by atoms with Crippen LogP contribution in [0, 0.1) is 6.92 Å². The zero-order valence-corrected chi connectivity index (χ0v) is 14.7. The third-order valence-corrected chi connectivity index (χ3v) is 5.13. The van der Waals surface area contributed by atoms with Crippen molar-refractivity contribution in [1.82, 2.24) is 20.2 Å². The van der Waals surface area contributed by atoms with Crippen LogP contribution in [0.15, 0.2) is 18.2 Å². The summed E-state index contributed by atoms with van der Waals surface area (Å²) in [6, 6.07) is 6.78. The Bertz CT molecular complexity index is 704. The molecule has 1 atom stereocenters. The van der Waals surface area contributed by atoms with E-state index in [9.17, 15) is 4.79 Å². The molecule has 0 aliphatic carbocycles. The third kappa shape index (κ3) is 3.53. The number of aryl methyl sites for hydroxylation is 1. The van der Waals surface area contributed by atoms with Crippen LogP contribution in [0.25, 0.3) is 11.0 Å². The van der Waals surface area contributed by atoms with Gasteiger partial charge in [0, 0.05) is 24.2 Å². The zero-order valence-electron chi connectivity index (χ0n) is 13.9. The molecule has 124 valence electrons. The highest BCUT2D eigenvalue weighted by atomic mass is 32.2. The number of carbonyl (C=O) groups excluding carboxylic acids is 1. The van der Waals surface area contributed by atoms with E-state index >= 15 is 0 Å². The molecule has 1 saturated heterocycles. The predicted octanol–water partition coefficient (Wildman–Crippen LogP) is 2.25. The Labute approximate surface area is 141 Å². The summed E-state index contributed by atoms with van der Waals surface area (Å²) in [5.41, 5.74) is 3.42. The van der Waals surface area contributed by atoms with Crippen LogP contribution in [0.4, 0.5) is 0 Å². The number of fused-ring (bicyclic) bond motifs is 1. The molecule has 1 fully saturated rings. The van der Waals surface area contributed by atoms with Crippen LogP contribution < -0.4 is 10.6 Å². The Morgan fingerprint density at radius 3 is 3.04 bits per heavy atom. The monoisotopic (exact) mass is 332 g/mol. The van der Waals surface area contributed by atoms with Crippen LogP contribution in [0.1, 0.15) is 31.3 Å². The number of imidazole rings is 1. The molecule has 1 aromatic carbocycles. The predicted molar refractivity (Wildman–Crippen MR) is 95.8 cm³/mol. The minimum absolute atomic E-state index is 0.0353. The number of hydrogen-bond donors (Lipinski definition) is 2. The Kier molecular flexibility index (Phi) is 4.92. The summed E-state index contributed by atoms with van der Waals surface area (Å²) in [6.07, 6.45) is 0.829. The maximum Gasteiger partial charge on any atom is 0.238 e. The van der Waals surface area contributed by atoms with E-state index in [1.165, 1.54) is 11.1 Å². The summed E-state index contributed by atoms with van der Waals surface area (Å²) >= 11 is 1.77. The lowest BCUT2D eigenvalue weighted by atomic mass is 10.1. The highest BCUT2D eigenvalue weighted by Gasteiger charge is 2.21. The molecule has 0 radical (unpaired) electrons. The second kappa shape index (κ2) is 6.93. The smallest absolute Gasteiger partial charge is 0.238 e. The van der Waals surface area contributed by atoms with Crippen molar-refractivity contribution in [1.29, 1.82) is 0 Å². The van der Waals surface area contributed by atoms with Gasteiger partial charge in [0.1, 0.15) is 5.82 Å². The van der Waals surface area contributed by atoms with Gasteiger partial charge in [0.2, 0.25) is 5.91 Å². The molecule has 6 heteroatoms. The second-order valence-corrected chi connectivity index (χ2v) is 7.29. The first-order valence-corrected chi connectivity index (χ1v) is 9.28. The first-order valence-electron chi connectivity index (χ1n) is 8.12. The van der Waals surface area contributed by atoms with Crippen LogP contribution in [-0.2, 0) is 11.2 Å². The zero-order chi connectivity index (χ0) is 16.4. The number of amides is 1. The number of nitrogens with one attached hydrogen (secondary N) is 2. The topological polar surface area (TPSA) is 59.0 Å². The van der Waals surface area contributed by atoms with Gasteiger partial charge in [-0.1, -0.05) is 6.07 Å². The molecule has 1 amide bonds. The van der Waals surface area contributed by atoms with Crippen molar-refractivity contribution < 1.29 is 4.79 Å². The number of nitrogens with zero attached hydrogens (tertiary/aromatic N) is 2. The maximum atomic E-state index is 12.0. The van der Waals surface area contributed by atoms with Crippen molar-refractivity contribution in [3.63, 3.8) is 0 Å².